The fourth-order valence-electron chi connectivity index (χ4n) is 2.01. The van der Waals surface area contributed by atoms with Crippen LogP contribution < -0.4 is 10.1 Å². The van der Waals surface area contributed by atoms with E-state index in [9.17, 15) is 9.59 Å². The molecule has 1 amide bonds. The van der Waals surface area contributed by atoms with Gasteiger partial charge >= 0.3 is 5.97 Å². The van der Waals surface area contributed by atoms with Gasteiger partial charge in [0.1, 0.15) is 5.75 Å². The third-order valence-electron chi connectivity index (χ3n) is 3.07. The standard InChI is InChI=1S/C19H18BrNO4/c1-2-24-17-9-4-3-6-14(17)10-11-19(23)25-13-18(22)21-16-8-5-7-15(20)12-16/h3-12H,2,13H2,1H3,(H,21,22)/b11-10+. The zero-order valence-electron chi connectivity index (χ0n) is 13.7. The summed E-state index contributed by atoms with van der Waals surface area (Å²) in [6.07, 6.45) is 2.86. The van der Waals surface area contributed by atoms with Crippen LogP contribution in [-0.2, 0) is 14.3 Å². The number of hydrogen-bond donors (Lipinski definition) is 1. The van der Waals surface area contributed by atoms with Crippen LogP contribution in [0.2, 0.25) is 0 Å². The van der Waals surface area contributed by atoms with Crippen molar-refractivity contribution in [3.8, 4) is 5.75 Å². The summed E-state index contributed by atoms with van der Waals surface area (Å²) in [6, 6.07) is 14.5. The highest BCUT2D eigenvalue weighted by atomic mass is 79.9. The van der Waals surface area contributed by atoms with Crippen molar-refractivity contribution >= 4 is 39.6 Å². The number of amides is 1. The Kier molecular flexibility index (Phi) is 7.22. The number of hydrogen-bond acceptors (Lipinski definition) is 4. The van der Waals surface area contributed by atoms with E-state index in [0.29, 0.717) is 18.0 Å². The summed E-state index contributed by atoms with van der Waals surface area (Å²) in [6.45, 7) is 2.06. The van der Waals surface area contributed by atoms with Crippen molar-refractivity contribution in [3.05, 3.63) is 64.6 Å². The molecule has 5 nitrogen and oxygen atoms in total. The Bertz CT molecular complexity index is 774. The average molecular weight is 404 g/mol. The van der Waals surface area contributed by atoms with E-state index in [4.69, 9.17) is 9.47 Å². The van der Waals surface area contributed by atoms with E-state index in [1.54, 1.807) is 24.3 Å². The van der Waals surface area contributed by atoms with Crippen LogP contribution in [0.25, 0.3) is 6.08 Å². The van der Waals surface area contributed by atoms with E-state index in [1.807, 2.05) is 37.3 Å². The van der Waals surface area contributed by atoms with Crippen LogP contribution >= 0.6 is 15.9 Å². The fourth-order valence-corrected chi connectivity index (χ4v) is 2.41. The van der Waals surface area contributed by atoms with Gasteiger partial charge in [-0.25, -0.2) is 4.79 Å². The van der Waals surface area contributed by atoms with E-state index in [1.165, 1.54) is 6.08 Å². The molecule has 1 N–H and O–H groups in total. The highest BCUT2D eigenvalue weighted by Gasteiger charge is 2.06. The van der Waals surface area contributed by atoms with Crippen molar-refractivity contribution in [1.82, 2.24) is 0 Å². The molecule has 0 radical (unpaired) electrons. The Morgan fingerprint density at radius 3 is 2.72 bits per heavy atom. The molecule has 0 saturated heterocycles. The van der Waals surface area contributed by atoms with E-state index >= 15 is 0 Å². The molecule has 0 aliphatic carbocycles. The zero-order valence-corrected chi connectivity index (χ0v) is 15.3. The summed E-state index contributed by atoms with van der Waals surface area (Å²) in [4.78, 5) is 23.6. The molecule has 0 aromatic heterocycles. The van der Waals surface area contributed by atoms with Crippen LogP contribution in [0, 0.1) is 0 Å². The normalized spacial score (nSPS) is 10.5. The molecule has 2 aromatic rings. The lowest BCUT2D eigenvalue weighted by atomic mass is 10.2. The minimum absolute atomic E-state index is 0.358. The van der Waals surface area contributed by atoms with Gasteiger partial charge < -0.3 is 14.8 Å². The number of carbonyl (C=O) groups is 2. The highest BCUT2D eigenvalue weighted by molar-refractivity contribution is 9.10. The number of ether oxygens (including phenoxy) is 2. The van der Waals surface area contributed by atoms with Gasteiger partial charge in [-0.3, -0.25) is 4.79 Å². The highest BCUT2D eigenvalue weighted by Crippen LogP contribution is 2.19. The molecular weight excluding hydrogens is 386 g/mol. The molecule has 0 heterocycles. The molecule has 6 heteroatoms. The first-order valence-electron chi connectivity index (χ1n) is 7.70. The number of esters is 1. The van der Waals surface area contributed by atoms with Gasteiger partial charge in [-0.2, -0.15) is 0 Å². The predicted octanol–water partition coefficient (Wildman–Crippen LogP) is 4.04. The van der Waals surface area contributed by atoms with E-state index < -0.39 is 11.9 Å². The van der Waals surface area contributed by atoms with E-state index in [-0.39, 0.29) is 6.61 Å². The summed E-state index contributed by atoms with van der Waals surface area (Å²) in [7, 11) is 0. The average Bonchev–Trinajstić information content (AvgIpc) is 2.59. The van der Waals surface area contributed by atoms with Gasteiger partial charge in [0.2, 0.25) is 0 Å². The quantitative estimate of drug-likeness (QED) is 0.559. The second kappa shape index (κ2) is 9.64. The van der Waals surface area contributed by atoms with Crippen LogP contribution in [0.15, 0.2) is 59.1 Å². The van der Waals surface area contributed by atoms with Crippen molar-refractivity contribution < 1.29 is 19.1 Å². The molecule has 0 aliphatic heterocycles. The van der Waals surface area contributed by atoms with Crippen molar-refractivity contribution in [1.29, 1.82) is 0 Å². The summed E-state index contributed by atoms with van der Waals surface area (Å²) < 4.78 is 11.3. The number of benzene rings is 2. The zero-order chi connectivity index (χ0) is 18.1. The maximum atomic E-state index is 11.8. The van der Waals surface area contributed by atoms with Crippen molar-refractivity contribution in [2.75, 3.05) is 18.5 Å². The SMILES string of the molecule is CCOc1ccccc1/C=C/C(=O)OCC(=O)Nc1cccc(Br)c1. The molecule has 0 bridgehead atoms. The van der Waals surface area contributed by atoms with E-state index in [0.717, 1.165) is 10.0 Å². The largest absolute Gasteiger partial charge is 0.493 e. The summed E-state index contributed by atoms with van der Waals surface area (Å²) in [5, 5.41) is 2.65. The summed E-state index contributed by atoms with van der Waals surface area (Å²) in [5.74, 6) is -0.327. The van der Waals surface area contributed by atoms with E-state index in [2.05, 4.69) is 21.2 Å². The lowest BCUT2D eigenvalue weighted by molar-refractivity contribution is -0.142. The first-order chi connectivity index (χ1) is 12.1. The third kappa shape index (κ3) is 6.43. The van der Waals surface area contributed by atoms with Crippen molar-refractivity contribution in [3.63, 3.8) is 0 Å². The van der Waals surface area contributed by atoms with Gasteiger partial charge in [0.15, 0.2) is 6.61 Å². The Labute approximate surface area is 154 Å². The first-order valence-corrected chi connectivity index (χ1v) is 8.50. The topological polar surface area (TPSA) is 64.6 Å². The van der Waals surface area contributed by atoms with Crippen molar-refractivity contribution in [2.45, 2.75) is 6.92 Å². The maximum absolute atomic E-state index is 11.8. The van der Waals surface area contributed by atoms with Crippen LogP contribution in [0.4, 0.5) is 5.69 Å². The Hall–Kier alpha value is -2.60. The molecule has 0 unspecified atom stereocenters. The molecule has 0 spiro atoms. The van der Waals surface area contributed by atoms with Crippen LogP contribution in [0.1, 0.15) is 12.5 Å². The molecule has 25 heavy (non-hydrogen) atoms. The van der Waals surface area contributed by atoms with Gasteiger partial charge in [0.05, 0.1) is 6.61 Å². The molecule has 0 saturated carbocycles. The fraction of sp³-hybridized carbons (Fsp3) is 0.158. The number of para-hydroxylation sites is 1. The molecular formula is C19H18BrNO4. The van der Waals surface area contributed by atoms with Gasteiger partial charge in [0.25, 0.3) is 5.91 Å². The molecule has 0 fully saturated rings. The predicted molar refractivity (Wildman–Crippen MR) is 100 cm³/mol. The minimum Gasteiger partial charge on any atom is -0.493 e. The number of carbonyl (C=O) groups excluding carboxylic acids is 2. The van der Waals surface area contributed by atoms with Crippen LogP contribution in [-0.4, -0.2) is 25.1 Å². The number of rotatable bonds is 7. The maximum Gasteiger partial charge on any atom is 0.331 e. The number of halogens is 1. The van der Waals surface area contributed by atoms with Gasteiger partial charge in [-0.1, -0.05) is 40.2 Å². The molecule has 2 aromatic carbocycles. The number of anilines is 1. The first kappa shape index (κ1) is 18.7. The summed E-state index contributed by atoms with van der Waals surface area (Å²) in [5.41, 5.74) is 1.39. The third-order valence-corrected chi connectivity index (χ3v) is 3.56. The molecule has 0 atom stereocenters. The molecule has 130 valence electrons. The van der Waals surface area contributed by atoms with Crippen LogP contribution in [0.3, 0.4) is 0 Å². The summed E-state index contributed by atoms with van der Waals surface area (Å²) >= 11 is 3.32. The lowest BCUT2D eigenvalue weighted by Crippen LogP contribution is -2.20. The smallest absolute Gasteiger partial charge is 0.331 e. The monoisotopic (exact) mass is 403 g/mol. The minimum atomic E-state index is -0.601. The second-order valence-electron chi connectivity index (χ2n) is 4.97. The van der Waals surface area contributed by atoms with Crippen LogP contribution in [0.5, 0.6) is 5.75 Å². The lowest BCUT2D eigenvalue weighted by Gasteiger charge is -2.07. The Morgan fingerprint density at radius 2 is 1.96 bits per heavy atom. The van der Waals surface area contributed by atoms with Crippen molar-refractivity contribution in [2.24, 2.45) is 0 Å². The Balaban J connectivity index is 1.85. The van der Waals surface area contributed by atoms with Gasteiger partial charge in [-0.15, -0.1) is 0 Å². The number of nitrogens with one attached hydrogen (secondary N) is 1. The molecule has 2 rings (SSSR count). The van der Waals surface area contributed by atoms with Gasteiger partial charge in [0, 0.05) is 21.8 Å². The van der Waals surface area contributed by atoms with Gasteiger partial charge in [-0.05, 0) is 37.3 Å². The Morgan fingerprint density at radius 1 is 1.16 bits per heavy atom. The second-order valence-corrected chi connectivity index (χ2v) is 5.89. The molecule has 0 aliphatic rings.